The molecule has 17 heavy (non-hydrogen) atoms. The van der Waals surface area contributed by atoms with E-state index in [1.807, 2.05) is 13.0 Å². The molecule has 0 heterocycles. The summed E-state index contributed by atoms with van der Waals surface area (Å²) in [5.41, 5.74) is 1.96. The van der Waals surface area contributed by atoms with Gasteiger partial charge in [-0.05, 0) is 23.6 Å². The second kappa shape index (κ2) is 6.62. The van der Waals surface area contributed by atoms with Crippen molar-refractivity contribution in [2.24, 2.45) is 0 Å². The summed E-state index contributed by atoms with van der Waals surface area (Å²) in [5.74, 6) is 0.795. The Bertz CT molecular complexity index is 390. The lowest BCUT2D eigenvalue weighted by Gasteiger charge is -2.18. The average molecular weight is 257 g/mol. The van der Waals surface area contributed by atoms with E-state index in [4.69, 9.17) is 21.1 Å². The molecule has 1 atom stereocenters. The Morgan fingerprint density at radius 2 is 2.12 bits per heavy atom. The molecular weight excluding hydrogens is 240 g/mol. The molecule has 0 N–H and O–H groups in total. The van der Waals surface area contributed by atoms with Crippen LogP contribution in [0.5, 0.6) is 5.75 Å². The molecule has 0 spiro atoms. The van der Waals surface area contributed by atoms with Crippen LogP contribution in [0.4, 0.5) is 0 Å². The zero-order valence-electron chi connectivity index (χ0n) is 10.3. The van der Waals surface area contributed by atoms with E-state index in [-0.39, 0.29) is 5.92 Å². The van der Waals surface area contributed by atoms with Crippen molar-refractivity contribution in [3.8, 4) is 5.75 Å². The number of methoxy groups -OCH3 is 2. The molecule has 0 aliphatic heterocycles. The Hall–Kier alpha value is -1.06. The maximum atomic E-state index is 10.6. The number of hydrogen-bond donors (Lipinski definition) is 0. The van der Waals surface area contributed by atoms with Gasteiger partial charge in [-0.1, -0.05) is 18.5 Å². The topological polar surface area (TPSA) is 35.5 Å². The van der Waals surface area contributed by atoms with Crippen molar-refractivity contribution in [3.63, 3.8) is 0 Å². The highest BCUT2D eigenvalue weighted by atomic mass is 35.5. The molecule has 0 aromatic heterocycles. The van der Waals surface area contributed by atoms with Gasteiger partial charge < -0.3 is 14.3 Å². The molecule has 0 aliphatic carbocycles. The monoisotopic (exact) mass is 256 g/mol. The predicted molar refractivity (Wildman–Crippen MR) is 67.8 cm³/mol. The molecule has 0 saturated carbocycles. The minimum absolute atomic E-state index is 0.0878. The van der Waals surface area contributed by atoms with Gasteiger partial charge in [-0.15, -0.1) is 0 Å². The molecule has 1 rings (SSSR count). The van der Waals surface area contributed by atoms with Crippen molar-refractivity contribution < 1.29 is 14.3 Å². The largest absolute Gasteiger partial charge is 0.496 e. The number of rotatable bonds is 6. The summed E-state index contributed by atoms with van der Waals surface area (Å²) in [6, 6.07) is 3.61. The zero-order chi connectivity index (χ0) is 12.8. The molecule has 0 fully saturated rings. The first-order valence-corrected chi connectivity index (χ1v) is 5.80. The van der Waals surface area contributed by atoms with Gasteiger partial charge in [0.2, 0.25) is 0 Å². The first-order chi connectivity index (χ1) is 8.13. The van der Waals surface area contributed by atoms with Crippen LogP contribution in [0.2, 0.25) is 5.02 Å². The highest BCUT2D eigenvalue weighted by Gasteiger charge is 2.17. The van der Waals surface area contributed by atoms with E-state index in [0.717, 1.165) is 17.4 Å². The summed E-state index contributed by atoms with van der Waals surface area (Å²) in [7, 11) is 3.22. The average Bonchev–Trinajstić information content (AvgIpc) is 2.28. The van der Waals surface area contributed by atoms with E-state index < -0.39 is 0 Å². The van der Waals surface area contributed by atoms with Gasteiger partial charge in [-0.25, -0.2) is 0 Å². The van der Waals surface area contributed by atoms with E-state index in [0.29, 0.717) is 23.8 Å². The number of ether oxygens (including phenoxy) is 2. The molecular formula is C13H17ClO3. The Balaban J connectivity index is 3.24. The van der Waals surface area contributed by atoms with Crippen LogP contribution in [0.1, 0.15) is 30.4 Å². The zero-order valence-corrected chi connectivity index (χ0v) is 11.1. The molecule has 0 saturated heterocycles. The fourth-order valence-corrected chi connectivity index (χ4v) is 2.14. The molecule has 0 bridgehead atoms. The van der Waals surface area contributed by atoms with Crippen molar-refractivity contribution in [3.05, 3.63) is 28.3 Å². The van der Waals surface area contributed by atoms with Crippen molar-refractivity contribution in [1.29, 1.82) is 0 Å². The van der Waals surface area contributed by atoms with Crippen LogP contribution in [-0.4, -0.2) is 20.5 Å². The summed E-state index contributed by atoms with van der Waals surface area (Å²) in [6.07, 6.45) is 1.37. The smallest absolute Gasteiger partial charge is 0.124 e. The summed E-state index contributed by atoms with van der Waals surface area (Å²) in [5, 5.41) is 0.607. The number of hydrogen-bond acceptors (Lipinski definition) is 3. The normalized spacial score (nSPS) is 12.2. The Kier molecular flexibility index (Phi) is 5.45. The molecule has 1 aromatic rings. The van der Waals surface area contributed by atoms with Crippen LogP contribution in [0.25, 0.3) is 0 Å². The van der Waals surface area contributed by atoms with Gasteiger partial charge in [0, 0.05) is 24.1 Å². The third-order valence-electron chi connectivity index (χ3n) is 2.65. The fraction of sp³-hybridized carbons (Fsp3) is 0.462. The van der Waals surface area contributed by atoms with Crippen LogP contribution in [0.15, 0.2) is 12.1 Å². The standard InChI is InChI=1S/C13H17ClO3/c1-9(4-5-15)13-10(8-16-2)6-11(14)7-12(13)17-3/h5-7,9H,4,8H2,1-3H3. The number of carbonyl (C=O) groups excluding carboxylic acids is 1. The summed E-state index contributed by atoms with van der Waals surface area (Å²) in [4.78, 5) is 10.6. The first-order valence-electron chi connectivity index (χ1n) is 5.42. The summed E-state index contributed by atoms with van der Waals surface area (Å²) >= 11 is 6.01. The molecule has 94 valence electrons. The van der Waals surface area contributed by atoms with Gasteiger partial charge in [0.05, 0.1) is 13.7 Å². The van der Waals surface area contributed by atoms with Gasteiger partial charge in [-0.2, -0.15) is 0 Å². The van der Waals surface area contributed by atoms with Crippen LogP contribution >= 0.6 is 11.6 Å². The molecule has 3 nitrogen and oxygen atoms in total. The van der Waals surface area contributed by atoms with E-state index in [1.165, 1.54) is 0 Å². The second-order valence-corrected chi connectivity index (χ2v) is 4.35. The van der Waals surface area contributed by atoms with Crippen LogP contribution in [-0.2, 0) is 16.1 Å². The van der Waals surface area contributed by atoms with Gasteiger partial charge in [0.25, 0.3) is 0 Å². The van der Waals surface area contributed by atoms with Crippen LogP contribution in [0.3, 0.4) is 0 Å². The van der Waals surface area contributed by atoms with E-state index in [9.17, 15) is 4.79 Å². The third kappa shape index (κ3) is 3.45. The van der Waals surface area contributed by atoms with Gasteiger partial charge >= 0.3 is 0 Å². The minimum Gasteiger partial charge on any atom is -0.496 e. The minimum atomic E-state index is 0.0878. The molecule has 1 unspecified atom stereocenters. The molecule has 4 heteroatoms. The number of carbonyl (C=O) groups is 1. The number of halogens is 1. The molecule has 0 amide bonds. The Morgan fingerprint density at radius 3 is 2.65 bits per heavy atom. The predicted octanol–water partition coefficient (Wildman–Crippen LogP) is 3.19. The maximum absolute atomic E-state index is 10.6. The van der Waals surface area contributed by atoms with E-state index >= 15 is 0 Å². The maximum Gasteiger partial charge on any atom is 0.124 e. The summed E-state index contributed by atoms with van der Waals surface area (Å²) in [6.45, 7) is 2.44. The van der Waals surface area contributed by atoms with E-state index in [1.54, 1.807) is 20.3 Å². The molecule has 1 aromatic carbocycles. The lowest BCUT2D eigenvalue weighted by molar-refractivity contribution is -0.108. The molecule has 0 radical (unpaired) electrons. The number of benzene rings is 1. The van der Waals surface area contributed by atoms with Crippen molar-refractivity contribution in [2.75, 3.05) is 14.2 Å². The molecule has 0 aliphatic rings. The lowest BCUT2D eigenvalue weighted by Crippen LogP contribution is -2.04. The van der Waals surface area contributed by atoms with Crippen molar-refractivity contribution in [2.45, 2.75) is 25.9 Å². The second-order valence-electron chi connectivity index (χ2n) is 3.92. The van der Waals surface area contributed by atoms with Gasteiger partial charge in [0.1, 0.15) is 12.0 Å². The third-order valence-corrected chi connectivity index (χ3v) is 2.87. The van der Waals surface area contributed by atoms with Gasteiger partial charge in [0.15, 0.2) is 0 Å². The highest BCUT2D eigenvalue weighted by molar-refractivity contribution is 6.30. The SMILES string of the molecule is COCc1cc(Cl)cc(OC)c1C(C)CC=O. The first kappa shape index (κ1) is 14.0. The van der Waals surface area contributed by atoms with E-state index in [2.05, 4.69) is 0 Å². The Labute approximate surface area is 107 Å². The van der Waals surface area contributed by atoms with Gasteiger partial charge in [-0.3, -0.25) is 0 Å². The Morgan fingerprint density at radius 1 is 1.41 bits per heavy atom. The summed E-state index contributed by atoms with van der Waals surface area (Å²) < 4.78 is 10.5. The fourth-order valence-electron chi connectivity index (χ4n) is 1.91. The number of aldehydes is 1. The lowest BCUT2D eigenvalue weighted by atomic mass is 9.92. The van der Waals surface area contributed by atoms with Crippen LogP contribution < -0.4 is 4.74 Å². The quantitative estimate of drug-likeness (QED) is 0.734. The van der Waals surface area contributed by atoms with Crippen LogP contribution in [0, 0.1) is 0 Å². The van der Waals surface area contributed by atoms with Crippen molar-refractivity contribution in [1.82, 2.24) is 0 Å². The van der Waals surface area contributed by atoms with Crippen molar-refractivity contribution >= 4 is 17.9 Å². The highest BCUT2D eigenvalue weighted by Crippen LogP contribution is 2.34.